The quantitative estimate of drug-likeness (QED) is 0.825. The van der Waals surface area contributed by atoms with Crippen LogP contribution in [0.15, 0.2) is 24.3 Å². The maximum atomic E-state index is 5.98. The molecule has 0 aliphatic carbocycles. The molecule has 2 nitrogen and oxygen atoms in total. The zero-order valence-electron chi connectivity index (χ0n) is 12.0. The molecule has 2 saturated heterocycles. The molecule has 0 saturated carbocycles. The van der Waals surface area contributed by atoms with Gasteiger partial charge in [0.25, 0.3) is 0 Å². The molecule has 0 atom stereocenters. The third-order valence-electron chi connectivity index (χ3n) is 4.79. The Morgan fingerprint density at radius 3 is 2.32 bits per heavy atom. The number of benzene rings is 1. The van der Waals surface area contributed by atoms with Gasteiger partial charge in [0.2, 0.25) is 0 Å². The summed E-state index contributed by atoms with van der Waals surface area (Å²) >= 11 is 0. The van der Waals surface area contributed by atoms with Crippen LogP contribution in [-0.4, -0.2) is 30.2 Å². The number of hydrogen-bond acceptors (Lipinski definition) is 2. The topological polar surface area (TPSA) is 12.5 Å². The first-order chi connectivity index (χ1) is 9.30. The number of aryl methyl sites for hydroxylation is 1. The maximum absolute atomic E-state index is 5.98. The van der Waals surface area contributed by atoms with Gasteiger partial charge in [0.05, 0.1) is 5.60 Å². The smallest absolute Gasteiger partial charge is 0.0707 e. The van der Waals surface area contributed by atoms with Gasteiger partial charge in [0.1, 0.15) is 0 Å². The average Bonchev–Trinajstić information content (AvgIpc) is 2.91. The van der Waals surface area contributed by atoms with Crippen molar-refractivity contribution in [1.29, 1.82) is 0 Å². The van der Waals surface area contributed by atoms with E-state index in [9.17, 15) is 0 Å². The van der Waals surface area contributed by atoms with Crippen LogP contribution < -0.4 is 0 Å². The van der Waals surface area contributed by atoms with Gasteiger partial charge in [-0.1, -0.05) is 31.2 Å². The Kier molecular flexibility index (Phi) is 3.90. The molecule has 0 unspecified atom stereocenters. The number of rotatable bonds is 3. The Morgan fingerprint density at radius 2 is 1.74 bits per heavy atom. The second kappa shape index (κ2) is 5.64. The molecule has 0 amide bonds. The average molecular weight is 259 g/mol. The minimum Gasteiger partial charge on any atom is -0.375 e. The highest BCUT2D eigenvalue weighted by molar-refractivity contribution is 5.22. The molecule has 19 heavy (non-hydrogen) atoms. The molecular formula is C17H25NO. The predicted octanol–water partition coefficient (Wildman–Crippen LogP) is 3.39. The van der Waals surface area contributed by atoms with Crippen LogP contribution in [0.3, 0.4) is 0 Å². The fourth-order valence-corrected chi connectivity index (χ4v) is 3.41. The third-order valence-corrected chi connectivity index (χ3v) is 4.79. The molecule has 0 N–H and O–H groups in total. The molecule has 2 heteroatoms. The van der Waals surface area contributed by atoms with Crippen LogP contribution in [0.4, 0.5) is 0 Å². The predicted molar refractivity (Wildman–Crippen MR) is 78.2 cm³/mol. The molecule has 1 spiro atoms. The van der Waals surface area contributed by atoms with Crippen molar-refractivity contribution in [3.8, 4) is 0 Å². The van der Waals surface area contributed by atoms with Gasteiger partial charge in [-0.2, -0.15) is 0 Å². The number of likely N-dealkylation sites (tertiary alicyclic amines) is 1. The van der Waals surface area contributed by atoms with E-state index >= 15 is 0 Å². The Labute approximate surface area is 116 Å². The number of nitrogens with zero attached hydrogens (tertiary/aromatic N) is 1. The second-order valence-electron chi connectivity index (χ2n) is 6.08. The summed E-state index contributed by atoms with van der Waals surface area (Å²) in [6.07, 6.45) is 6.12. The van der Waals surface area contributed by atoms with Crippen LogP contribution in [0.25, 0.3) is 0 Å². The van der Waals surface area contributed by atoms with Crippen molar-refractivity contribution >= 4 is 0 Å². The number of ether oxygens (including phenoxy) is 1. The molecule has 3 rings (SSSR count). The Hall–Kier alpha value is -0.860. The lowest BCUT2D eigenvalue weighted by Crippen LogP contribution is -2.43. The molecular weight excluding hydrogens is 234 g/mol. The van der Waals surface area contributed by atoms with Crippen molar-refractivity contribution in [2.24, 2.45) is 0 Å². The van der Waals surface area contributed by atoms with E-state index in [0.717, 1.165) is 19.6 Å². The molecule has 1 aromatic rings. The van der Waals surface area contributed by atoms with E-state index in [0.29, 0.717) is 0 Å². The van der Waals surface area contributed by atoms with Crippen LogP contribution in [0.5, 0.6) is 0 Å². The summed E-state index contributed by atoms with van der Waals surface area (Å²) < 4.78 is 5.98. The van der Waals surface area contributed by atoms with Crippen molar-refractivity contribution in [1.82, 2.24) is 4.90 Å². The van der Waals surface area contributed by atoms with E-state index in [1.54, 1.807) is 0 Å². The van der Waals surface area contributed by atoms with Crippen LogP contribution in [-0.2, 0) is 17.7 Å². The van der Waals surface area contributed by atoms with E-state index in [1.807, 2.05) is 0 Å². The van der Waals surface area contributed by atoms with Crippen LogP contribution >= 0.6 is 0 Å². The van der Waals surface area contributed by atoms with Crippen LogP contribution in [0, 0.1) is 0 Å². The van der Waals surface area contributed by atoms with Gasteiger partial charge in [-0.05, 0) is 43.2 Å². The van der Waals surface area contributed by atoms with E-state index in [1.165, 1.54) is 49.9 Å². The molecule has 0 aromatic heterocycles. The monoisotopic (exact) mass is 259 g/mol. The van der Waals surface area contributed by atoms with Gasteiger partial charge >= 0.3 is 0 Å². The van der Waals surface area contributed by atoms with Crippen LogP contribution in [0.2, 0.25) is 0 Å². The van der Waals surface area contributed by atoms with E-state index in [4.69, 9.17) is 4.74 Å². The first-order valence-corrected chi connectivity index (χ1v) is 7.74. The van der Waals surface area contributed by atoms with Gasteiger partial charge in [-0.15, -0.1) is 0 Å². The highest BCUT2D eigenvalue weighted by Gasteiger charge is 2.38. The molecule has 104 valence electrons. The summed E-state index contributed by atoms with van der Waals surface area (Å²) in [5, 5.41) is 0. The second-order valence-corrected chi connectivity index (χ2v) is 6.08. The summed E-state index contributed by atoms with van der Waals surface area (Å²) in [5.41, 5.74) is 3.13. The lowest BCUT2D eigenvalue weighted by Gasteiger charge is -2.38. The van der Waals surface area contributed by atoms with Crippen molar-refractivity contribution in [3.63, 3.8) is 0 Å². The zero-order valence-corrected chi connectivity index (χ0v) is 12.0. The largest absolute Gasteiger partial charge is 0.375 e. The molecule has 2 heterocycles. The molecule has 2 aliphatic rings. The molecule has 0 radical (unpaired) electrons. The fourth-order valence-electron chi connectivity index (χ4n) is 3.41. The van der Waals surface area contributed by atoms with Gasteiger partial charge < -0.3 is 4.74 Å². The third kappa shape index (κ3) is 3.01. The fraction of sp³-hybridized carbons (Fsp3) is 0.647. The molecule has 0 bridgehead atoms. The minimum absolute atomic E-state index is 0.253. The van der Waals surface area contributed by atoms with Crippen molar-refractivity contribution in [2.45, 2.75) is 51.2 Å². The number of piperidine rings is 1. The van der Waals surface area contributed by atoms with E-state index in [-0.39, 0.29) is 5.60 Å². The van der Waals surface area contributed by atoms with E-state index < -0.39 is 0 Å². The van der Waals surface area contributed by atoms with Gasteiger partial charge in [0.15, 0.2) is 0 Å². The molecule has 2 aliphatic heterocycles. The first kappa shape index (κ1) is 13.1. The van der Waals surface area contributed by atoms with E-state index in [2.05, 4.69) is 36.1 Å². The molecule has 2 fully saturated rings. The summed E-state index contributed by atoms with van der Waals surface area (Å²) in [6.45, 7) is 6.67. The Balaban J connectivity index is 1.53. The van der Waals surface area contributed by atoms with Crippen molar-refractivity contribution < 1.29 is 4.74 Å². The summed E-state index contributed by atoms with van der Waals surface area (Å²) in [7, 11) is 0. The SMILES string of the molecule is CCc1ccc(CN2CCC3(CCCO3)CC2)cc1. The Bertz CT molecular complexity index is 396. The highest BCUT2D eigenvalue weighted by atomic mass is 16.5. The van der Waals surface area contributed by atoms with Crippen LogP contribution in [0.1, 0.15) is 43.7 Å². The maximum Gasteiger partial charge on any atom is 0.0707 e. The number of hydrogen-bond donors (Lipinski definition) is 0. The lowest BCUT2D eigenvalue weighted by atomic mass is 9.88. The van der Waals surface area contributed by atoms with Gasteiger partial charge in [-0.3, -0.25) is 4.90 Å². The minimum atomic E-state index is 0.253. The summed E-state index contributed by atoms with van der Waals surface area (Å²) in [6, 6.07) is 9.10. The molecule has 1 aromatic carbocycles. The van der Waals surface area contributed by atoms with Crippen molar-refractivity contribution in [3.05, 3.63) is 35.4 Å². The summed E-state index contributed by atoms with van der Waals surface area (Å²) in [5.74, 6) is 0. The zero-order chi connectivity index (χ0) is 13.1. The lowest BCUT2D eigenvalue weighted by molar-refractivity contribution is -0.0447. The summed E-state index contributed by atoms with van der Waals surface area (Å²) in [4.78, 5) is 2.58. The Morgan fingerprint density at radius 1 is 1.05 bits per heavy atom. The normalized spacial score (nSPS) is 23.0. The van der Waals surface area contributed by atoms with Gasteiger partial charge in [-0.25, -0.2) is 0 Å². The highest BCUT2D eigenvalue weighted by Crippen LogP contribution is 2.35. The van der Waals surface area contributed by atoms with Gasteiger partial charge in [0, 0.05) is 26.2 Å². The van der Waals surface area contributed by atoms with Crippen molar-refractivity contribution in [2.75, 3.05) is 19.7 Å². The standard InChI is InChI=1S/C17H25NO/c1-2-15-4-6-16(7-5-15)14-18-11-9-17(10-12-18)8-3-13-19-17/h4-7H,2-3,8-14H2,1H3. The first-order valence-electron chi connectivity index (χ1n) is 7.74.